The summed E-state index contributed by atoms with van der Waals surface area (Å²) in [7, 11) is -7.22. The predicted octanol–water partition coefficient (Wildman–Crippen LogP) is 4.00. The number of nitrogens with one attached hydrogen (secondary N) is 2. The summed E-state index contributed by atoms with van der Waals surface area (Å²) in [6, 6.07) is 21.5. The molecule has 0 fully saturated rings. The molecule has 1 heterocycles. The number of nitrogen functional groups attached to an aromatic ring is 1. The number of carbonyl (C=O) groups excluding carboxylic acids is 1. The van der Waals surface area contributed by atoms with Gasteiger partial charge in [0.25, 0.3) is 10.0 Å². The first-order valence-electron chi connectivity index (χ1n) is 11.0. The van der Waals surface area contributed by atoms with Crippen molar-refractivity contribution in [3.8, 4) is 11.1 Å². The SMILES string of the molecule is CS(=O)(=O)Nc1ccc(-c2ccc(S(=O)(=O)n3ccc(/C=C/C(=O)Nc4ccccc4N)c3)cc2)cc1. The van der Waals surface area contributed by atoms with Crippen LogP contribution in [0.4, 0.5) is 17.1 Å². The average molecular weight is 537 g/mol. The van der Waals surface area contributed by atoms with Crippen LogP contribution in [-0.2, 0) is 24.8 Å². The van der Waals surface area contributed by atoms with E-state index < -0.39 is 26.0 Å². The van der Waals surface area contributed by atoms with Gasteiger partial charge in [-0.25, -0.2) is 20.8 Å². The van der Waals surface area contributed by atoms with E-state index >= 15 is 0 Å². The van der Waals surface area contributed by atoms with E-state index in [4.69, 9.17) is 5.73 Å². The number of hydrogen-bond donors (Lipinski definition) is 3. The third kappa shape index (κ3) is 6.46. The van der Waals surface area contributed by atoms with Gasteiger partial charge < -0.3 is 11.1 Å². The third-order valence-corrected chi connectivity index (χ3v) is 7.54. The number of hydrogen-bond acceptors (Lipinski definition) is 6. The molecule has 0 aliphatic rings. The molecule has 190 valence electrons. The van der Waals surface area contributed by atoms with E-state index in [0.29, 0.717) is 22.6 Å². The van der Waals surface area contributed by atoms with Crippen molar-refractivity contribution in [3.63, 3.8) is 0 Å². The van der Waals surface area contributed by atoms with Crippen LogP contribution in [0.5, 0.6) is 0 Å². The quantitative estimate of drug-likeness (QED) is 0.230. The zero-order valence-corrected chi connectivity index (χ0v) is 21.3. The number of aromatic nitrogens is 1. The minimum atomic E-state index is -3.85. The summed E-state index contributed by atoms with van der Waals surface area (Å²) in [5.74, 6) is -0.399. The van der Waals surface area contributed by atoms with E-state index in [-0.39, 0.29) is 4.90 Å². The Hall–Kier alpha value is -4.35. The van der Waals surface area contributed by atoms with Gasteiger partial charge in [-0.05, 0) is 65.2 Å². The van der Waals surface area contributed by atoms with Gasteiger partial charge in [-0.1, -0.05) is 36.4 Å². The molecule has 0 radical (unpaired) electrons. The summed E-state index contributed by atoms with van der Waals surface area (Å²) in [5, 5.41) is 2.67. The molecule has 0 saturated carbocycles. The first-order chi connectivity index (χ1) is 17.5. The van der Waals surface area contributed by atoms with Gasteiger partial charge in [0.1, 0.15) is 0 Å². The number of benzene rings is 3. The van der Waals surface area contributed by atoms with Crippen molar-refractivity contribution in [1.82, 2.24) is 3.97 Å². The van der Waals surface area contributed by atoms with Crippen LogP contribution in [0.25, 0.3) is 17.2 Å². The molecule has 4 aromatic rings. The third-order valence-electron chi connectivity index (χ3n) is 5.29. The molecule has 0 unspecified atom stereocenters. The van der Waals surface area contributed by atoms with Crippen LogP contribution < -0.4 is 15.8 Å². The first kappa shape index (κ1) is 25.7. The van der Waals surface area contributed by atoms with E-state index in [2.05, 4.69) is 10.0 Å². The highest BCUT2D eigenvalue weighted by atomic mass is 32.2. The standard InChI is InChI=1S/C26H24N4O5S2/c1-36(32,33)29-22-11-7-20(8-12-22)21-9-13-23(14-10-21)37(34,35)30-17-16-19(18-30)6-15-26(31)28-25-5-3-2-4-24(25)27/h2-18,29H,27H2,1H3,(H,28,31)/b15-6+. The molecular weight excluding hydrogens is 512 g/mol. The highest BCUT2D eigenvalue weighted by Crippen LogP contribution is 2.25. The van der Waals surface area contributed by atoms with Crippen molar-refractivity contribution >= 4 is 49.1 Å². The maximum Gasteiger partial charge on any atom is 0.267 e. The van der Waals surface area contributed by atoms with Crippen LogP contribution in [0.15, 0.2) is 102 Å². The Balaban J connectivity index is 1.45. The topological polar surface area (TPSA) is 140 Å². The fraction of sp³-hybridized carbons (Fsp3) is 0.0385. The molecule has 37 heavy (non-hydrogen) atoms. The van der Waals surface area contributed by atoms with Crippen molar-refractivity contribution in [1.29, 1.82) is 0 Å². The smallest absolute Gasteiger partial charge is 0.267 e. The van der Waals surface area contributed by atoms with E-state index in [1.807, 2.05) is 0 Å². The zero-order chi connectivity index (χ0) is 26.6. The van der Waals surface area contributed by atoms with Crippen molar-refractivity contribution in [2.45, 2.75) is 4.90 Å². The van der Waals surface area contributed by atoms with Crippen molar-refractivity contribution in [2.24, 2.45) is 0 Å². The number of amides is 1. The number of nitrogens with zero attached hydrogens (tertiary/aromatic N) is 1. The summed E-state index contributed by atoms with van der Waals surface area (Å²) < 4.78 is 52.3. The minimum Gasteiger partial charge on any atom is -0.397 e. The Morgan fingerprint density at radius 1 is 0.865 bits per heavy atom. The van der Waals surface area contributed by atoms with Gasteiger partial charge in [-0.2, -0.15) is 0 Å². The monoisotopic (exact) mass is 536 g/mol. The number of carbonyl (C=O) groups is 1. The summed E-state index contributed by atoms with van der Waals surface area (Å²) in [5.41, 5.74) is 9.28. The molecule has 0 aliphatic heterocycles. The highest BCUT2D eigenvalue weighted by Gasteiger charge is 2.16. The number of para-hydroxylation sites is 2. The van der Waals surface area contributed by atoms with Crippen molar-refractivity contribution in [2.75, 3.05) is 22.0 Å². The Morgan fingerprint density at radius 3 is 2.11 bits per heavy atom. The lowest BCUT2D eigenvalue weighted by Crippen LogP contribution is -2.10. The van der Waals surface area contributed by atoms with Crippen molar-refractivity contribution in [3.05, 3.63) is 103 Å². The van der Waals surface area contributed by atoms with Gasteiger partial charge >= 0.3 is 0 Å². The Kier molecular flexibility index (Phi) is 7.18. The van der Waals surface area contributed by atoms with Gasteiger partial charge in [-0.3, -0.25) is 9.52 Å². The lowest BCUT2D eigenvalue weighted by molar-refractivity contribution is -0.111. The molecule has 0 bridgehead atoms. The molecule has 1 aromatic heterocycles. The predicted molar refractivity (Wildman–Crippen MR) is 146 cm³/mol. The van der Waals surface area contributed by atoms with Crippen LogP contribution in [0.1, 0.15) is 5.56 Å². The molecule has 3 aromatic carbocycles. The second-order valence-corrected chi connectivity index (χ2v) is 11.8. The number of anilines is 3. The normalized spacial score (nSPS) is 11.9. The molecule has 11 heteroatoms. The van der Waals surface area contributed by atoms with Crippen LogP contribution in [-0.4, -0.2) is 33.0 Å². The molecule has 0 spiro atoms. The largest absolute Gasteiger partial charge is 0.397 e. The Morgan fingerprint density at radius 2 is 1.49 bits per heavy atom. The highest BCUT2D eigenvalue weighted by molar-refractivity contribution is 7.92. The fourth-order valence-corrected chi connectivity index (χ4v) is 5.25. The molecule has 0 saturated heterocycles. The molecule has 4 rings (SSSR count). The van der Waals surface area contributed by atoms with E-state index in [1.165, 1.54) is 36.7 Å². The summed E-state index contributed by atoms with van der Waals surface area (Å²) in [4.78, 5) is 12.3. The van der Waals surface area contributed by atoms with Crippen LogP contribution >= 0.6 is 0 Å². The Labute approximate surface area is 215 Å². The van der Waals surface area contributed by atoms with Gasteiger partial charge in [0.15, 0.2) is 0 Å². The number of nitrogens with two attached hydrogens (primary N) is 1. The molecule has 0 atom stereocenters. The molecule has 1 amide bonds. The average Bonchev–Trinajstić information content (AvgIpc) is 3.34. The molecule has 9 nitrogen and oxygen atoms in total. The van der Waals surface area contributed by atoms with Crippen LogP contribution in [0.3, 0.4) is 0 Å². The van der Waals surface area contributed by atoms with E-state index in [9.17, 15) is 21.6 Å². The second kappa shape index (κ2) is 10.3. The van der Waals surface area contributed by atoms with E-state index in [0.717, 1.165) is 21.4 Å². The van der Waals surface area contributed by atoms with Gasteiger partial charge in [0.05, 0.1) is 22.5 Å². The van der Waals surface area contributed by atoms with Crippen LogP contribution in [0, 0.1) is 0 Å². The fourth-order valence-electron chi connectivity index (χ4n) is 3.48. The maximum absolute atomic E-state index is 13.1. The van der Waals surface area contributed by atoms with Gasteiger partial charge in [-0.15, -0.1) is 0 Å². The number of rotatable bonds is 8. The summed E-state index contributed by atoms with van der Waals surface area (Å²) in [6.07, 6.45) is 6.69. The summed E-state index contributed by atoms with van der Waals surface area (Å²) in [6.45, 7) is 0. The van der Waals surface area contributed by atoms with Gasteiger partial charge in [0, 0.05) is 24.2 Å². The molecular formula is C26H24N4O5S2. The zero-order valence-electron chi connectivity index (χ0n) is 19.7. The number of sulfonamides is 1. The molecule has 0 aliphatic carbocycles. The molecule has 4 N–H and O–H groups in total. The lowest BCUT2D eigenvalue weighted by atomic mass is 10.1. The Bertz CT molecular complexity index is 1670. The minimum absolute atomic E-state index is 0.0926. The lowest BCUT2D eigenvalue weighted by Gasteiger charge is -2.08. The first-order valence-corrected chi connectivity index (χ1v) is 14.3. The van der Waals surface area contributed by atoms with Crippen LogP contribution in [0.2, 0.25) is 0 Å². The van der Waals surface area contributed by atoms with Gasteiger partial charge in [0.2, 0.25) is 15.9 Å². The van der Waals surface area contributed by atoms with Crippen molar-refractivity contribution < 1.29 is 21.6 Å². The summed E-state index contributed by atoms with van der Waals surface area (Å²) >= 11 is 0. The maximum atomic E-state index is 13.1. The van der Waals surface area contributed by atoms with E-state index in [1.54, 1.807) is 66.7 Å². The second-order valence-electron chi connectivity index (χ2n) is 8.17.